The lowest BCUT2D eigenvalue weighted by molar-refractivity contribution is 0.0999. The highest BCUT2D eigenvalue weighted by Crippen LogP contribution is 2.31. The molecule has 142 valence electrons. The van der Waals surface area contributed by atoms with E-state index in [1.54, 1.807) is 13.1 Å². The van der Waals surface area contributed by atoms with Gasteiger partial charge < -0.3 is 5.73 Å². The fourth-order valence-corrected chi connectivity index (χ4v) is 4.01. The van der Waals surface area contributed by atoms with Crippen molar-refractivity contribution in [2.75, 3.05) is 0 Å². The van der Waals surface area contributed by atoms with Crippen molar-refractivity contribution in [1.29, 1.82) is 0 Å². The van der Waals surface area contributed by atoms with E-state index in [1.807, 2.05) is 35.2 Å². The van der Waals surface area contributed by atoms with Crippen molar-refractivity contribution in [3.63, 3.8) is 0 Å². The Morgan fingerprint density at radius 1 is 1.21 bits per heavy atom. The van der Waals surface area contributed by atoms with Crippen LogP contribution in [0, 0.1) is 13.8 Å². The number of thiazole rings is 1. The van der Waals surface area contributed by atoms with E-state index in [9.17, 15) is 4.79 Å². The minimum Gasteiger partial charge on any atom is -0.365 e. The van der Waals surface area contributed by atoms with Gasteiger partial charge in [0.05, 0.1) is 5.69 Å². The second-order valence-corrected chi connectivity index (χ2v) is 7.83. The zero-order chi connectivity index (χ0) is 20.0. The van der Waals surface area contributed by atoms with Crippen molar-refractivity contribution >= 4 is 28.3 Å². The summed E-state index contributed by atoms with van der Waals surface area (Å²) >= 11 is 1.47. The molecule has 4 aromatic rings. The molecule has 4 rings (SSSR count). The normalized spacial score (nSPS) is 11.5. The minimum absolute atomic E-state index is 0.286. The van der Waals surface area contributed by atoms with Crippen LogP contribution in [0.1, 0.15) is 47.1 Å². The third-order valence-electron chi connectivity index (χ3n) is 4.57. The molecule has 1 amide bonds. The van der Waals surface area contributed by atoms with Crippen LogP contribution in [-0.4, -0.2) is 30.4 Å². The second-order valence-electron chi connectivity index (χ2n) is 6.97. The molecule has 8 heteroatoms. The molecule has 0 aliphatic rings. The summed E-state index contributed by atoms with van der Waals surface area (Å²) in [6.45, 7) is 7.92. The minimum atomic E-state index is -0.571. The van der Waals surface area contributed by atoms with Crippen LogP contribution in [0.5, 0.6) is 0 Å². The van der Waals surface area contributed by atoms with Crippen molar-refractivity contribution in [2.24, 2.45) is 5.73 Å². The first kappa shape index (κ1) is 18.2. The number of hydrogen-bond acceptors (Lipinski definition) is 6. The smallest absolute Gasteiger partial charge is 0.254 e. The van der Waals surface area contributed by atoms with Gasteiger partial charge >= 0.3 is 0 Å². The number of carbonyl (C=O) groups excluding carboxylic acids is 1. The first-order valence-electron chi connectivity index (χ1n) is 8.94. The molecule has 0 aliphatic heterocycles. The number of amides is 1. The molecule has 0 atom stereocenters. The summed E-state index contributed by atoms with van der Waals surface area (Å²) in [7, 11) is 0. The van der Waals surface area contributed by atoms with Crippen LogP contribution in [0.15, 0.2) is 29.9 Å². The molecule has 28 heavy (non-hydrogen) atoms. The summed E-state index contributed by atoms with van der Waals surface area (Å²) in [6.07, 6.45) is 3.71. The third kappa shape index (κ3) is 2.95. The van der Waals surface area contributed by atoms with Gasteiger partial charge in [0.2, 0.25) is 0 Å². The fourth-order valence-electron chi connectivity index (χ4n) is 3.28. The van der Waals surface area contributed by atoms with E-state index in [2.05, 4.69) is 28.8 Å². The number of fused-ring (bicyclic) bond motifs is 1. The molecule has 0 saturated heterocycles. The molecule has 0 saturated carbocycles. The Hall–Kier alpha value is -3.13. The molecular weight excluding hydrogens is 372 g/mol. The monoisotopic (exact) mass is 392 g/mol. The number of nitrogens with two attached hydrogens (primary N) is 1. The Balaban J connectivity index is 2.05. The Bertz CT molecular complexity index is 1210. The van der Waals surface area contributed by atoms with Gasteiger partial charge in [-0.1, -0.05) is 13.8 Å². The molecule has 0 spiro atoms. The number of rotatable bonds is 4. The summed E-state index contributed by atoms with van der Waals surface area (Å²) in [4.78, 5) is 30.4. The van der Waals surface area contributed by atoms with Crippen molar-refractivity contribution in [1.82, 2.24) is 24.5 Å². The molecular formula is C20H20N6OS. The van der Waals surface area contributed by atoms with Gasteiger partial charge in [0.1, 0.15) is 11.2 Å². The maximum atomic E-state index is 12.2. The van der Waals surface area contributed by atoms with E-state index < -0.39 is 5.91 Å². The summed E-state index contributed by atoms with van der Waals surface area (Å²) in [5.74, 6) is 0.616. The number of aryl methyl sites for hydroxylation is 2. The zero-order valence-corrected chi connectivity index (χ0v) is 16.9. The molecule has 2 N–H and O–H groups in total. The highest BCUT2D eigenvalue weighted by Gasteiger charge is 2.23. The Morgan fingerprint density at radius 2 is 2.00 bits per heavy atom. The van der Waals surface area contributed by atoms with E-state index in [0.29, 0.717) is 22.3 Å². The summed E-state index contributed by atoms with van der Waals surface area (Å²) < 4.78 is 1.84. The van der Waals surface area contributed by atoms with Gasteiger partial charge in [-0.15, -0.1) is 11.3 Å². The van der Waals surface area contributed by atoms with Crippen LogP contribution in [0.25, 0.3) is 27.7 Å². The lowest BCUT2D eigenvalue weighted by Gasteiger charge is -2.12. The fraction of sp³-hybridized carbons (Fsp3) is 0.250. The predicted octanol–water partition coefficient (Wildman–Crippen LogP) is 3.78. The third-order valence-corrected chi connectivity index (χ3v) is 5.53. The number of primary amides is 1. The SMILES string of the molecule is Cc1csc(-c2nc(C)c(C(N)=O)c(-n3cc(C(C)C)c4cccnc43)n2)n1. The molecule has 7 nitrogen and oxygen atoms in total. The molecule has 4 aromatic heterocycles. The van der Waals surface area contributed by atoms with E-state index in [1.165, 1.54) is 11.3 Å². The van der Waals surface area contributed by atoms with Gasteiger partial charge in [0.15, 0.2) is 16.6 Å². The average molecular weight is 392 g/mol. The summed E-state index contributed by atoms with van der Waals surface area (Å²) in [5.41, 5.74) is 9.25. The van der Waals surface area contributed by atoms with Crippen LogP contribution in [0.4, 0.5) is 0 Å². The average Bonchev–Trinajstić information content (AvgIpc) is 3.24. The lowest BCUT2D eigenvalue weighted by Crippen LogP contribution is -2.19. The van der Waals surface area contributed by atoms with E-state index in [0.717, 1.165) is 22.3 Å². The van der Waals surface area contributed by atoms with Crippen molar-refractivity contribution in [3.05, 3.63) is 52.4 Å². The quantitative estimate of drug-likeness (QED) is 0.570. The predicted molar refractivity (Wildman–Crippen MR) is 110 cm³/mol. The molecule has 0 bridgehead atoms. The van der Waals surface area contributed by atoms with E-state index in [-0.39, 0.29) is 11.5 Å². The van der Waals surface area contributed by atoms with Gasteiger partial charge in [-0.25, -0.2) is 19.9 Å². The molecule has 0 fully saturated rings. The van der Waals surface area contributed by atoms with Gasteiger partial charge in [-0.2, -0.15) is 0 Å². The van der Waals surface area contributed by atoms with E-state index in [4.69, 9.17) is 10.7 Å². The van der Waals surface area contributed by atoms with Gasteiger partial charge in [-0.05, 0) is 37.5 Å². The van der Waals surface area contributed by atoms with Crippen molar-refractivity contribution in [3.8, 4) is 16.6 Å². The van der Waals surface area contributed by atoms with E-state index >= 15 is 0 Å². The number of hydrogen-bond donors (Lipinski definition) is 1. The van der Waals surface area contributed by atoms with Crippen LogP contribution in [0.3, 0.4) is 0 Å². The Kier molecular flexibility index (Phi) is 4.43. The first-order valence-corrected chi connectivity index (χ1v) is 9.82. The van der Waals surface area contributed by atoms with Gasteiger partial charge in [0, 0.05) is 28.9 Å². The highest BCUT2D eigenvalue weighted by atomic mass is 32.1. The highest BCUT2D eigenvalue weighted by molar-refractivity contribution is 7.13. The Morgan fingerprint density at radius 3 is 2.64 bits per heavy atom. The molecule has 0 aliphatic carbocycles. The number of carbonyl (C=O) groups is 1. The van der Waals surface area contributed by atoms with Crippen LogP contribution in [0.2, 0.25) is 0 Å². The van der Waals surface area contributed by atoms with Gasteiger partial charge in [0.25, 0.3) is 5.91 Å². The summed E-state index contributed by atoms with van der Waals surface area (Å²) in [5, 5.41) is 3.67. The largest absolute Gasteiger partial charge is 0.365 e. The zero-order valence-electron chi connectivity index (χ0n) is 16.1. The Labute approximate surface area is 166 Å². The number of aromatic nitrogens is 5. The first-order chi connectivity index (χ1) is 13.4. The molecule has 0 unspecified atom stereocenters. The maximum Gasteiger partial charge on any atom is 0.254 e. The van der Waals surface area contributed by atoms with Crippen LogP contribution >= 0.6 is 11.3 Å². The topological polar surface area (TPSA) is 99.6 Å². The summed E-state index contributed by atoms with van der Waals surface area (Å²) in [6, 6.07) is 3.93. The lowest BCUT2D eigenvalue weighted by atomic mass is 10.0. The molecule has 0 aromatic carbocycles. The molecule has 4 heterocycles. The van der Waals surface area contributed by atoms with Gasteiger partial charge in [-0.3, -0.25) is 9.36 Å². The molecule has 0 radical (unpaired) electrons. The standard InChI is InChI=1S/C20H20N6OS/c1-10(2)14-8-26(18-13(14)6-5-7-22-18)19-15(16(21)27)12(4)24-17(25-19)20-23-11(3)9-28-20/h5-10H,1-4H3,(H2,21,27). The van der Waals surface area contributed by atoms with Crippen LogP contribution in [-0.2, 0) is 0 Å². The number of pyridine rings is 1. The van der Waals surface area contributed by atoms with Crippen molar-refractivity contribution in [2.45, 2.75) is 33.6 Å². The maximum absolute atomic E-state index is 12.2. The number of nitrogens with zero attached hydrogens (tertiary/aromatic N) is 5. The van der Waals surface area contributed by atoms with Crippen molar-refractivity contribution < 1.29 is 4.79 Å². The van der Waals surface area contributed by atoms with Crippen LogP contribution < -0.4 is 5.73 Å². The second kappa shape index (κ2) is 6.79.